The van der Waals surface area contributed by atoms with E-state index < -0.39 is 81.8 Å². The first-order valence-corrected chi connectivity index (χ1v) is 12.8. The highest BCUT2D eigenvalue weighted by atomic mass is 19.4. The van der Waals surface area contributed by atoms with Gasteiger partial charge in [-0.2, -0.15) is 79.0 Å². The van der Waals surface area contributed by atoms with Crippen LogP contribution in [-0.4, -0.2) is 46.0 Å². The van der Waals surface area contributed by atoms with Crippen LogP contribution in [0.1, 0.15) is 33.8 Å². The topological polar surface area (TPSA) is 25.8 Å². The van der Waals surface area contributed by atoms with Crippen molar-refractivity contribution >= 4 is 0 Å². The highest BCUT2D eigenvalue weighted by Gasteiger charge is 2.84. The van der Waals surface area contributed by atoms with Gasteiger partial charge in [-0.3, -0.25) is 0 Å². The maximum Gasteiger partial charge on any atom is 0.460 e. The van der Waals surface area contributed by atoms with E-state index in [0.717, 1.165) is 52.0 Å². The number of hydrogen-bond donors (Lipinski definition) is 0. The van der Waals surface area contributed by atoms with Crippen molar-refractivity contribution in [1.82, 2.24) is 9.97 Å². The van der Waals surface area contributed by atoms with Gasteiger partial charge in [-0.05, 0) is 55.5 Å². The summed E-state index contributed by atoms with van der Waals surface area (Å²) in [5.41, 5.74) is -9.38. The van der Waals surface area contributed by atoms with Crippen LogP contribution in [0.5, 0.6) is 0 Å². The molecule has 0 amide bonds. The van der Waals surface area contributed by atoms with Gasteiger partial charge in [-0.25, -0.2) is 9.97 Å². The third kappa shape index (κ3) is 5.51. The standard InChI is InChI=1S/C28H18F18N2/c1-11-7-5-8-12(2)15(11)17-18(16-13(3)9-6-10-14(16)4)47-20(22(31,32)24(35,36)26(39,40)28(44,45)46)48-19(17)21(29,30)23(33,34)25(37,38)27(41,42)43/h5-10H,1-4H3. The normalized spacial score (nSPS) is 14.5. The monoisotopic (exact) mass is 724 g/mol. The predicted octanol–water partition coefficient (Wildman–Crippen LogP) is 10.9. The Labute approximate surface area is 257 Å². The molecule has 266 valence electrons. The maximum atomic E-state index is 15.8. The Bertz CT molecular complexity index is 1660. The van der Waals surface area contributed by atoms with E-state index in [1.165, 1.54) is 12.1 Å². The Morgan fingerprint density at radius 1 is 0.396 bits per heavy atom. The summed E-state index contributed by atoms with van der Waals surface area (Å²) in [6, 6.07) is 6.43. The average Bonchev–Trinajstić information content (AvgIpc) is 2.91. The summed E-state index contributed by atoms with van der Waals surface area (Å²) >= 11 is 0. The molecule has 0 fully saturated rings. The van der Waals surface area contributed by atoms with Gasteiger partial charge in [0.1, 0.15) is 5.69 Å². The van der Waals surface area contributed by atoms with Crippen molar-refractivity contribution in [2.24, 2.45) is 0 Å². The number of hydrogen-bond acceptors (Lipinski definition) is 2. The van der Waals surface area contributed by atoms with Gasteiger partial charge in [0.25, 0.3) is 0 Å². The molecular formula is C28H18F18N2. The first kappa shape index (κ1) is 38.7. The molecule has 48 heavy (non-hydrogen) atoms. The highest BCUT2D eigenvalue weighted by Crippen LogP contribution is 2.60. The smallest absolute Gasteiger partial charge is 0.226 e. The fourth-order valence-corrected chi connectivity index (χ4v) is 4.68. The molecule has 2 nitrogen and oxygen atoms in total. The zero-order valence-corrected chi connectivity index (χ0v) is 24.2. The number of rotatable bonds is 8. The fraction of sp³-hybridized carbons (Fsp3) is 0.429. The summed E-state index contributed by atoms with van der Waals surface area (Å²) < 4.78 is 254. The molecule has 0 aliphatic heterocycles. The van der Waals surface area contributed by atoms with Crippen molar-refractivity contribution in [3.63, 3.8) is 0 Å². The molecule has 1 heterocycles. The molecule has 0 atom stereocenters. The Hall–Kier alpha value is -3.74. The van der Waals surface area contributed by atoms with Gasteiger partial charge in [0.15, 0.2) is 0 Å². The zero-order valence-electron chi connectivity index (χ0n) is 24.2. The predicted molar refractivity (Wildman–Crippen MR) is 132 cm³/mol. The van der Waals surface area contributed by atoms with Crippen molar-refractivity contribution < 1.29 is 79.0 Å². The number of nitrogens with zero attached hydrogens (tertiary/aromatic N) is 2. The summed E-state index contributed by atoms with van der Waals surface area (Å²) in [7, 11) is 0. The molecule has 0 saturated heterocycles. The molecule has 2 aromatic carbocycles. The minimum absolute atomic E-state index is 0.274. The second-order valence-corrected chi connectivity index (χ2v) is 10.6. The largest absolute Gasteiger partial charge is 0.460 e. The van der Waals surface area contributed by atoms with Crippen LogP contribution >= 0.6 is 0 Å². The Kier molecular flexibility index (Phi) is 9.21. The van der Waals surface area contributed by atoms with Crippen molar-refractivity contribution in [2.45, 2.75) is 75.6 Å². The van der Waals surface area contributed by atoms with E-state index in [0.29, 0.717) is 0 Å². The lowest BCUT2D eigenvalue weighted by Gasteiger charge is -2.36. The molecule has 0 bridgehead atoms. The van der Waals surface area contributed by atoms with E-state index in [9.17, 15) is 61.5 Å². The van der Waals surface area contributed by atoms with Gasteiger partial charge in [-0.15, -0.1) is 0 Å². The van der Waals surface area contributed by atoms with Crippen LogP contribution in [0.4, 0.5) is 79.0 Å². The minimum Gasteiger partial charge on any atom is -0.226 e. The van der Waals surface area contributed by atoms with E-state index in [4.69, 9.17) is 0 Å². The highest BCUT2D eigenvalue weighted by molar-refractivity contribution is 5.88. The van der Waals surface area contributed by atoms with Crippen LogP contribution in [0.2, 0.25) is 0 Å². The summed E-state index contributed by atoms with van der Waals surface area (Å²) in [5, 5.41) is 0. The molecule has 0 radical (unpaired) electrons. The molecule has 0 N–H and O–H groups in total. The molecule has 0 spiro atoms. The van der Waals surface area contributed by atoms with Crippen LogP contribution in [-0.2, 0) is 11.8 Å². The second kappa shape index (κ2) is 11.4. The summed E-state index contributed by atoms with van der Waals surface area (Å²) in [6.07, 6.45) is -15.0. The molecular weight excluding hydrogens is 706 g/mol. The summed E-state index contributed by atoms with van der Waals surface area (Å²) in [6.45, 7) is 4.07. The van der Waals surface area contributed by atoms with Gasteiger partial charge < -0.3 is 0 Å². The van der Waals surface area contributed by atoms with E-state index in [-0.39, 0.29) is 22.3 Å². The van der Waals surface area contributed by atoms with Crippen LogP contribution < -0.4 is 0 Å². The number of aryl methyl sites for hydroxylation is 4. The van der Waals surface area contributed by atoms with Gasteiger partial charge >= 0.3 is 47.9 Å². The lowest BCUT2D eigenvalue weighted by Crippen LogP contribution is -2.61. The van der Waals surface area contributed by atoms with Gasteiger partial charge in [-0.1, -0.05) is 36.4 Å². The van der Waals surface area contributed by atoms with Crippen LogP contribution in [0.15, 0.2) is 36.4 Å². The first-order valence-electron chi connectivity index (χ1n) is 12.8. The molecule has 3 aromatic rings. The van der Waals surface area contributed by atoms with Crippen molar-refractivity contribution in [1.29, 1.82) is 0 Å². The zero-order chi connectivity index (χ0) is 37.4. The fourth-order valence-electron chi connectivity index (χ4n) is 4.68. The molecule has 0 aliphatic carbocycles. The number of benzene rings is 2. The molecule has 20 heteroatoms. The number of alkyl halides is 18. The van der Waals surface area contributed by atoms with Crippen molar-refractivity contribution in [3.8, 4) is 22.4 Å². The van der Waals surface area contributed by atoms with Gasteiger partial charge in [0.2, 0.25) is 5.82 Å². The number of aromatic nitrogens is 2. The van der Waals surface area contributed by atoms with Crippen LogP contribution in [0.25, 0.3) is 22.4 Å². The molecule has 3 rings (SSSR count). The summed E-state index contributed by atoms with van der Waals surface area (Å²) in [4.78, 5) is 4.97. The average molecular weight is 724 g/mol. The molecule has 0 unspecified atom stereocenters. The lowest BCUT2D eigenvalue weighted by molar-refractivity contribution is -0.402. The Morgan fingerprint density at radius 2 is 0.729 bits per heavy atom. The summed E-state index contributed by atoms with van der Waals surface area (Å²) in [5.74, 6) is -48.6. The van der Waals surface area contributed by atoms with Crippen LogP contribution in [0, 0.1) is 27.7 Å². The van der Waals surface area contributed by atoms with E-state index in [1.807, 2.05) is 0 Å². The maximum absolute atomic E-state index is 15.8. The molecule has 1 aromatic heterocycles. The second-order valence-electron chi connectivity index (χ2n) is 10.6. The third-order valence-electron chi connectivity index (χ3n) is 7.23. The van der Waals surface area contributed by atoms with E-state index in [1.54, 1.807) is 0 Å². The lowest BCUT2D eigenvalue weighted by atomic mass is 9.85. The first-order chi connectivity index (χ1) is 21.3. The minimum atomic E-state index is -7.72. The Balaban J connectivity index is 2.76. The van der Waals surface area contributed by atoms with E-state index in [2.05, 4.69) is 9.97 Å². The number of halogens is 18. The van der Waals surface area contributed by atoms with Crippen molar-refractivity contribution in [2.75, 3.05) is 0 Å². The van der Waals surface area contributed by atoms with Gasteiger partial charge in [0.05, 0.1) is 5.69 Å². The van der Waals surface area contributed by atoms with E-state index >= 15 is 17.6 Å². The molecule has 0 aliphatic rings. The quantitative estimate of drug-likeness (QED) is 0.216. The van der Waals surface area contributed by atoms with Gasteiger partial charge in [0, 0.05) is 11.1 Å². The van der Waals surface area contributed by atoms with Crippen LogP contribution in [0.3, 0.4) is 0 Å². The SMILES string of the molecule is Cc1cccc(C)c1-c1nc(C(F)(F)C(F)(F)C(F)(F)C(F)(F)F)nc(C(F)(F)C(F)(F)C(F)(F)C(F)(F)F)c1-c1c(C)cccc1C. The van der Waals surface area contributed by atoms with Crippen molar-refractivity contribution in [3.05, 3.63) is 70.2 Å². The molecule has 0 saturated carbocycles. The Morgan fingerprint density at radius 3 is 1.08 bits per heavy atom. The third-order valence-corrected chi connectivity index (χ3v) is 7.23.